The second-order valence-electron chi connectivity index (χ2n) is 3.78. The van der Waals surface area contributed by atoms with E-state index in [1.807, 2.05) is 0 Å². The van der Waals surface area contributed by atoms with Gasteiger partial charge in [0.25, 0.3) is 0 Å². The standard InChI is InChI=1S/C13H10Cl2FNO2/c14-10-2-1-3-12(16)9(10)7-19-13-11(15)4-8(6-18)5-17-13/h1-5,18H,6-7H2. The van der Waals surface area contributed by atoms with Crippen LogP contribution < -0.4 is 4.74 Å². The summed E-state index contributed by atoms with van der Waals surface area (Å²) in [4.78, 5) is 3.94. The molecule has 19 heavy (non-hydrogen) atoms. The smallest absolute Gasteiger partial charge is 0.232 e. The SMILES string of the molecule is OCc1cnc(OCc2c(F)cccc2Cl)c(Cl)c1. The number of hydrogen-bond acceptors (Lipinski definition) is 3. The van der Waals surface area contributed by atoms with E-state index in [0.29, 0.717) is 5.56 Å². The van der Waals surface area contributed by atoms with Crippen molar-refractivity contribution in [2.45, 2.75) is 13.2 Å². The topological polar surface area (TPSA) is 42.4 Å². The maximum absolute atomic E-state index is 13.5. The zero-order valence-electron chi connectivity index (χ0n) is 9.74. The van der Waals surface area contributed by atoms with Crippen molar-refractivity contribution in [1.29, 1.82) is 0 Å². The van der Waals surface area contributed by atoms with E-state index in [1.54, 1.807) is 6.07 Å². The van der Waals surface area contributed by atoms with Crippen molar-refractivity contribution in [2.75, 3.05) is 0 Å². The Kier molecular flexibility index (Phi) is 4.58. The Labute approximate surface area is 119 Å². The van der Waals surface area contributed by atoms with Crippen LogP contribution in [0.25, 0.3) is 0 Å². The molecule has 2 aromatic rings. The molecule has 0 bridgehead atoms. The Hall–Kier alpha value is -1.36. The third kappa shape index (κ3) is 3.35. The van der Waals surface area contributed by atoms with Gasteiger partial charge in [0.15, 0.2) is 0 Å². The number of aromatic nitrogens is 1. The minimum atomic E-state index is -0.449. The van der Waals surface area contributed by atoms with E-state index in [1.165, 1.54) is 24.4 Å². The molecule has 1 heterocycles. The van der Waals surface area contributed by atoms with Crippen LogP contribution in [0.1, 0.15) is 11.1 Å². The van der Waals surface area contributed by atoms with E-state index >= 15 is 0 Å². The number of benzene rings is 1. The average molecular weight is 302 g/mol. The van der Waals surface area contributed by atoms with Crippen LogP contribution in [0, 0.1) is 5.82 Å². The lowest BCUT2D eigenvalue weighted by molar-refractivity contribution is 0.276. The predicted molar refractivity (Wildman–Crippen MR) is 70.9 cm³/mol. The molecule has 1 N–H and O–H groups in total. The lowest BCUT2D eigenvalue weighted by Crippen LogP contribution is -2.01. The molecule has 0 spiro atoms. The number of halogens is 3. The van der Waals surface area contributed by atoms with Crippen molar-refractivity contribution < 1.29 is 14.2 Å². The van der Waals surface area contributed by atoms with Crippen LogP contribution in [-0.4, -0.2) is 10.1 Å². The van der Waals surface area contributed by atoms with Crippen LogP contribution in [0.15, 0.2) is 30.5 Å². The molecular weight excluding hydrogens is 292 g/mol. The maximum atomic E-state index is 13.5. The van der Waals surface area contributed by atoms with Crippen molar-refractivity contribution in [3.05, 3.63) is 57.5 Å². The van der Waals surface area contributed by atoms with Gasteiger partial charge in [-0.15, -0.1) is 0 Å². The molecular formula is C13H10Cl2FNO2. The second-order valence-corrected chi connectivity index (χ2v) is 4.59. The Bertz CT molecular complexity index is 573. The van der Waals surface area contributed by atoms with Crippen molar-refractivity contribution in [3.8, 4) is 5.88 Å². The first kappa shape index (κ1) is 14.1. The Morgan fingerprint density at radius 3 is 2.68 bits per heavy atom. The largest absolute Gasteiger partial charge is 0.472 e. The molecule has 0 aliphatic carbocycles. The first-order valence-corrected chi connectivity index (χ1v) is 6.18. The normalized spacial score (nSPS) is 10.5. The van der Waals surface area contributed by atoms with Crippen LogP contribution in [0.4, 0.5) is 4.39 Å². The summed E-state index contributed by atoms with van der Waals surface area (Å²) in [5.74, 6) is -0.284. The van der Waals surface area contributed by atoms with E-state index in [0.717, 1.165) is 0 Å². The summed E-state index contributed by atoms with van der Waals surface area (Å²) in [6.07, 6.45) is 1.43. The summed E-state index contributed by atoms with van der Waals surface area (Å²) < 4.78 is 18.9. The zero-order valence-corrected chi connectivity index (χ0v) is 11.2. The van der Waals surface area contributed by atoms with Gasteiger partial charge < -0.3 is 9.84 Å². The highest BCUT2D eigenvalue weighted by atomic mass is 35.5. The van der Waals surface area contributed by atoms with Crippen molar-refractivity contribution in [3.63, 3.8) is 0 Å². The minimum absolute atomic E-state index is 0.0727. The fraction of sp³-hybridized carbons (Fsp3) is 0.154. The lowest BCUT2D eigenvalue weighted by Gasteiger charge is -2.09. The number of aliphatic hydroxyl groups excluding tert-OH is 1. The number of pyridine rings is 1. The van der Waals surface area contributed by atoms with Crippen LogP contribution in [0.2, 0.25) is 10.0 Å². The summed E-state index contributed by atoms with van der Waals surface area (Å²) in [5.41, 5.74) is 0.814. The van der Waals surface area contributed by atoms with Crippen LogP contribution in [-0.2, 0) is 13.2 Å². The molecule has 100 valence electrons. The van der Waals surface area contributed by atoms with Crippen LogP contribution >= 0.6 is 23.2 Å². The summed E-state index contributed by atoms with van der Waals surface area (Å²) in [6, 6.07) is 5.93. The van der Waals surface area contributed by atoms with E-state index in [2.05, 4.69) is 4.98 Å². The highest BCUT2D eigenvalue weighted by molar-refractivity contribution is 6.32. The van der Waals surface area contributed by atoms with Crippen molar-refractivity contribution in [1.82, 2.24) is 4.98 Å². The summed E-state index contributed by atoms with van der Waals surface area (Å²) >= 11 is 11.8. The number of rotatable bonds is 4. The molecule has 6 heteroatoms. The second kappa shape index (κ2) is 6.19. The molecule has 2 rings (SSSR count). The number of nitrogens with zero attached hydrogens (tertiary/aromatic N) is 1. The molecule has 0 aliphatic rings. The first-order valence-electron chi connectivity index (χ1n) is 5.42. The van der Waals surface area contributed by atoms with E-state index in [9.17, 15) is 4.39 Å². The van der Waals surface area contributed by atoms with Gasteiger partial charge >= 0.3 is 0 Å². The Morgan fingerprint density at radius 1 is 1.26 bits per heavy atom. The average Bonchev–Trinajstić information content (AvgIpc) is 2.39. The fourth-order valence-corrected chi connectivity index (χ4v) is 1.93. The zero-order chi connectivity index (χ0) is 13.8. The van der Waals surface area contributed by atoms with E-state index < -0.39 is 5.82 Å². The van der Waals surface area contributed by atoms with Gasteiger partial charge in [-0.05, 0) is 23.8 Å². The first-order chi connectivity index (χ1) is 9.11. The monoisotopic (exact) mass is 301 g/mol. The van der Waals surface area contributed by atoms with Gasteiger partial charge in [-0.25, -0.2) is 9.37 Å². The van der Waals surface area contributed by atoms with Gasteiger partial charge in [0.2, 0.25) is 5.88 Å². The third-order valence-electron chi connectivity index (χ3n) is 2.46. The molecule has 0 fully saturated rings. The molecule has 0 amide bonds. The fourth-order valence-electron chi connectivity index (χ4n) is 1.47. The molecule has 0 unspecified atom stereocenters. The van der Waals surface area contributed by atoms with Gasteiger partial charge in [0, 0.05) is 11.8 Å². The summed E-state index contributed by atoms with van der Waals surface area (Å²) in [6.45, 7) is -0.233. The van der Waals surface area contributed by atoms with Crippen molar-refractivity contribution >= 4 is 23.2 Å². The molecule has 0 saturated carbocycles. The van der Waals surface area contributed by atoms with Gasteiger partial charge in [0.1, 0.15) is 17.4 Å². The van der Waals surface area contributed by atoms with E-state index in [-0.39, 0.29) is 34.7 Å². The molecule has 3 nitrogen and oxygen atoms in total. The van der Waals surface area contributed by atoms with Crippen LogP contribution in [0.3, 0.4) is 0 Å². The van der Waals surface area contributed by atoms with E-state index in [4.69, 9.17) is 33.0 Å². The molecule has 0 saturated heterocycles. The molecule has 1 aromatic heterocycles. The molecule has 1 aromatic carbocycles. The minimum Gasteiger partial charge on any atom is -0.472 e. The number of hydrogen-bond donors (Lipinski definition) is 1. The maximum Gasteiger partial charge on any atom is 0.232 e. The third-order valence-corrected chi connectivity index (χ3v) is 3.09. The summed E-state index contributed by atoms with van der Waals surface area (Å²) in [7, 11) is 0. The van der Waals surface area contributed by atoms with Gasteiger partial charge in [-0.1, -0.05) is 29.3 Å². The molecule has 0 radical (unpaired) electrons. The van der Waals surface area contributed by atoms with Gasteiger partial charge in [-0.2, -0.15) is 0 Å². The van der Waals surface area contributed by atoms with Crippen LogP contribution in [0.5, 0.6) is 5.88 Å². The number of aliphatic hydroxyl groups is 1. The lowest BCUT2D eigenvalue weighted by atomic mass is 10.2. The van der Waals surface area contributed by atoms with Crippen molar-refractivity contribution in [2.24, 2.45) is 0 Å². The highest BCUT2D eigenvalue weighted by Gasteiger charge is 2.10. The number of ether oxygens (including phenoxy) is 1. The predicted octanol–water partition coefficient (Wildman–Crippen LogP) is 3.60. The van der Waals surface area contributed by atoms with Gasteiger partial charge in [-0.3, -0.25) is 0 Å². The molecule has 0 atom stereocenters. The highest BCUT2D eigenvalue weighted by Crippen LogP contribution is 2.25. The Balaban J connectivity index is 2.15. The Morgan fingerprint density at radius 2 is 2.05 bits per heavy atom. The summed E-state index contributed by atoms with van der Waals surface area (Å²) in [5, 5.41) is 9.46. The quantitative estimate of drug-likeness (QED) is 0.938. The van der Waals surface area contributed by atoms with Gasteiger partial charge in [0.05, 0.1) is 11.6 Å². The molecule has 0 aliphatic heterocycles.